The maximum absolute atomic E-state index is 13.4. The monoisotopic (exact) mass is 387 g/mol. The highest BCUT2D eigenvalue weighted by Crippen LogP contribution is 2.30. The second-order valence-corrected chi connectivity index (χ2v) is 8.23. The molecule has 1 heterocycles. The summed E-state index contributed by atoms with van der Waals surface area (Å²) in [5, 5.41) is 0. The third kappa shape index (κ3) is 5.60. The van der Waals surface area contributed by atoms with Gasteiger partial charge in [-0.05, 0) is 47.7 Å². The molecule has 2 N–H and O–H groups in total. The Balaban J connectivity index is 1.71. The van der Waals surface area contributed by atoms with Crippen molar-refractivity contribution >= 4 is 0 Å². The van der Waals surface area contributed by atoms with E-state index in [1.807, 2.05) is 24.3 Å². The summed E-state index contributed by atoms with van der Waals surface area (Å²) in [6.45, 7) is 9.02. The molecule has 152 valence electrons. The van der Waals surface area contributed by atoms with E-state index in [1.54, 1.807) is 0 Å². The topological polar surface area (TPSA) is 32.5 Å². The van der Waals surface area contributed by atoms with E-state index in [0.29, 0.717) is 5.92 Å². The Labute approximate surface area is 167 Å². The number of halogens is 2. The summed E-state index contributed by atoms with van der Waals surface area (Å²) in [5.41, 5.74) is 8.34. The molecule has 1 unspecified atom stereocenters. The minimum atomic E-state index is -0.245. The number of benzene rings is 2. The van der Waals surface area contributed by atoms with Crippen LogP contribution < -0.4 is 5.73 Å². The van der Waals surface area contributed by atoms with Gasteiger partial charge in [-0.1, -0.05) is 38.1 Å². The zero-order chi connectivity index (χ0) is 20.1. The lowest BCUT2D eigenvalue weighted by Crippen LogP contribution is -2.51. The SMILES string of the molecule is CC(C)CC(N)CN1CCN(C(c2ccc(F)cc2)c2ccc(F)cc2)CC1. The first-order valence-electron chi connectivity index (χ1n) is 10.2. The summed E-state index contributed by atoms with van der Waals surface area (Å²) < 4.78 is 26.9. The van der Waals surface area contributed by atoms with Gasteiger partial charge in [-0.25, -0.2) is 8.78 Å². The molecule has 1 atom stereocenters. The molecule has 1 aliphatic heterocycles. The highest BCUT2D eigenvalue weighted by Gasteiger charge is 2.27. The van der Waals surface area contributed by atoms with Gasteiger partial charge in [0.25, 0.3) is 0 Å². The van der Waals surface area contributed by atoms with Crippen molar-refractivity contribution in [1.29, 1.82) is 0 Å². The third-order valence-corrected chi connectivity index (χ3v) is 5.41. The lowest BCUT2D eigenvalue weighted by molar-refractivity contribution is 0.103. The van der Waals surface area contributed by atoms with Crippen LogP contribution in [0.4, 0.5) is 8.78 Å². The molecule has 3 rings (SSSR count). The van der Waals surface area contributed by atoms with E-state index >= 15 is 0 Å². The molecule has 0 bridgehead atoms. The van der Waals surface area contributed by atoms with Gasteiger partial charge >= 0.3 is 0 Å². The Morgan fingerprint density at radius 3 is 1.71 bits per heavy atom. The van der Waals surface area contributed by atoms with Crippen molar-refractivity contribution in [3.8, 4) is 0 Å². The second-order valence-electron chi connectivity index (χ2n) is 8.23. The van der Waals surface area contributed by atoms with Gasteiger partial charge in [0, 0.05) is 38.8 Å². The van der Waals surface area contributed by atoms with Crippen molar-refractivity contribution < 1.29 is 8.78 Å². The predicted octanol–water partition coefficient (Wildman–Crippen LogP) is 4.05. The lowest BCUT2D eigenvalue weighted by Gasteiger charge is -2.40. The molecule has 1 fully saturated rings. The number of hydrogen-bond donors (Lipinski definition) is 1. The van der Waals surface area contributed by atoms with Crippen molar-refractivity contribution in [3.63, 3.8) is 0 Å². The number of piperazine rings is 1. The Kier molecular flexibility index (Phi) is 7.16. The summed E-state index contributed by atoms with van der Waals surface area (Å²) in [5.74, 6) is 0.119. The Morgan fingerprint density at radius 2 is 1.29 bits per heavy atom. The molecule has 0 saturated carbocycles. The van der Waals surface area contributed by atoms with Crippen molar-refractivity contribution in [1.82, 2.24) is 9.80 Å². The molecule has 0 aliphatic carbocycles. The molecular weight excluding hydrogens is 356 g/mol. The molecular formula is C23H31F2N3. The molecule has 1 saturated heterocycles. The molecule has 28 heavy (non-hydrogen) atoms. The van der Waals surface area contributed by atoms with Gasteiger partial charge in [-0.3, -0.25) is 9.80 Å². The zero-order valence-electron chi connectivity index (χ0n) is 16.8. The Hall–Kier alpha value is -1.82. The highest BCUT2D eigenvalue weighted by atomic mass is 19.1. The van der Waals surface area contributed by atoms with E-state index in [9.17, 15) is 8.78 Å². The molecule has 5 heteroatoms. The smallest absolute Gasteiger partial charge is 0.123 e. The normalized spacial score (nSPS) is 17.4. The number of nitrogens with two attached hydrogens (primary N) is 1. The van der Waals surface area contributed by atoms with Crippen molar-refractivity contribution in [3.05, 3.63) is 71.3 Å². The van der Waals surface area contributed by atoms with Gasteiger partial charge in [-0.15, -0.1) is 0 Å². The van der Waals surface area contributed by atoms with Gasteiger partial charge in [0.15, 0.2) is 0 Å². The van der Waals surface area contributed by atoms with E-state index in [-0.39, 0.29) is 23.7 Å². The molecule has 2 aromatic carbocycles. The lowest BCUT2D eigenvalue weighted by atomic mass is 9.96. The molecule has 2 aromatic rings. The van der Waals surface area contributed by atoms with E-state index in [0.717, 1.165) is 50.3 Å². The van der Waals surface area contributed by atoms with Crippen molar-refractivity contribution in [2.75, 3.05) is 32.7 Å². The fourth-order valence-electron chi connectivity index (χ4n) is 4.12. The van der Waals surface area contributed by atoms with E-state index in [2.05, 4.69) is 23.6 Å². The number of nitrogens with zero attached hydrogens (tertiary/aromatic N) is 2. The van der Waals surface area contributed by atoms with Crippen molar-refractivity contribution in [2.45, 2.75) is 32.4 Å². The van der Waals surface area contributed by atoms with E-state index < -0.39 is 0 Å². The summed E-state index contributed by atoms with van der Waals surface area (Å²) in [6.07, 6.45) is 1.04. The van der Waals surface area contributed by atoms with E-state index in [1.165, 1.54) is 24.3 Å². The van der Waals surface area contributed by atoms with Crippen LogP contribution in [0, 0.1) is 17.6 Å². The third-order valence-electron chi connectivity index (χ3n) is 5.41. The van der Waals surface area contributed by atoms with Gasteiger partial charge in [0.05, 0.1) is 6.04 Å². The first kappa shape index (κ1) is 20.9. The van der Waals surface area contributed by atoms with Crippen LogP contribution in [0.3, 0.4) is 0 Å². The summed E-state index contributed by atoms with van der Waals surface area (Å²) >= 11 is 0. The first-order chi connectivity index (χ1) is 13.4. The molecule has 0 radical (unpaired) electrons. The standard InChI is InChI=1S/C23H31F2N3/c1-17(2)15-22(26)16-27-11-13-28(14-12-27)23(18-3-7-20(24)8-4-18)19-5-9-21(25)10-6-19/h3-10,17,22-23H,11-16,26H2,1-2H3. The Morgan fingerprint density at radius 1 is 0.821 bits per heavy atom. The average molecular weight is 388 g/mol. The number of rotatable bonds is 7. The van der Waals surface area contributed by atoms with Crippen LogP contribution in [0.2, 0.25) is 0 Å². The summed E-state index contributed by atoms with van der Waals surface area (Å²) in [6, 6.07) is 13.5. The van der Waals surface area contributed by atoms with Crippen molar-refractivity contribution in [2.24, 2.45) is 11.7 Å². The number of hydrogen-bond acceptors (Lipinski definition) is 3. The van der Waals surface area contributed by atoms with Crippen LogP contribution in [0.25, 0.3) is 0 Å². The summed E-state index contributed by atoms with van der Waals surface area (Å²) in [4.78, 5) is 4.82. The maximum atomic E-state index is 13.4. The van der Waals surface area contributed by atoms with Gasteiger partial charge in [0.2, 0.25) is 0 Å². The van der Waals surface area contributed by atoms with Gasteiger partial charge in [0.1, 0.15) is 11.6 Å². The highest BCUT2D eigenvalue weighted by molar-refractivity contribution is 5.32. The fraction of sp³-hybridized carbons (Fsp3) is 0.478. The maximum Gasteiger partial charge on any atom is 0.123 e. The van der Waals surface area contributed by atoms with Crippen LogP contribution >= 0.6 is 0 Å². The molecule has 0 spiro atoms. The van der Waals surface area contributed by atoms with Crippen LogP contribution in [0.1, 0.15) is 37.4 Å². The average Bonchev–Trinajstić information content (AvgIpc) is 2.66. The molecule has 1 aliphatic rings. The minimum absolute atomic E-state index is 0.00677. The Bertz CT molecular complexity index is 677. The second kappa shape index (κ2) is 9.59. The molecule has 0 aromatic heterocycles. The quantitative estimate of drug-likeness (QED) is 0.778. The largest absolute Gasteiger partial charge is 0.327 e. The summed E-state index contributed by atoms with van der Waals surface area (Å²) in [7, 11) is 0. The van der Waals surface area contributed by atoms with Crippen LogP contribution in [0.15, 0.2) is 48.5 Å². The first-order valence-corrected chi connectivity index (χ1v) is 10.2. The predicted molar refractivity (Wildman–Crippen MR) is 110 cm³/mol. The molecule has 3 nitrogen and oxygen atoms in total. The fourth-order valence-corrected chi connectivity index (χ4v) is 4.12. The minimum Gasteiger partial charge on any atom is -0.327 e. The van der Waals surface area contributed by atoms with E-state index in [4.69, 9.17) is 5.73 Å². The zero-order valence-corrected chi connectivity index (χ0v) is 16.8. The molecule has 0 amide bonds. The van der Waals surface area contributed by atoms with Gasteiger partial charge in [-0.2, -0.15) is 0 Å². The van der Waals surface area contributed by atoms with Crippen LogP contribution in [-0.2, 0) is 0 Å². The van der Waals surface area contributed by atoms with Crippen LogP contribution in [-0.4, -0.2) is 48.6 Å². The van der Waals surface area contributed by atoms with Gasteiger partial charge < -0.3 is 5.73 Å². The van der Waals surface area contributed by atoms with Crippen LogP contribution in [0.5, 0.6) is 0 Å².